The highest BCUT2D eigenvalue weighted by atomic mass is 15.2. The number of nitrogens with zero attached hydrogens (tertiary/aromatic N) is 2. The maximum absolute atomic E-state index is 4.17. The third-order valence-corrected chi connectivity index (χ3v) is 4.53. The minimum Gasteiger partial charge on any atom is -0.381 e. The summed E-state index contributed by atoms with van der Waals surface area (Å²) in [6.45, 7) is 3.30. The summed E-state index contributed by atoms with van der Waals surface area (Å²) in [6.07, 6.45) is 4.96. The lowest BCUT2D eigenvalue weighted by molar-refractivity contribution is 0.328. The van der Waals surface area contributed by atoms with Gasteiger partial charge in [-0.2, -0.15) is 0 Å². The van der Waals surface area contributed by atoms with Crippen molar-refractivity contribution in [3.05, 3.63) is 72.6 Å². The third kappa shape index (κ3) is 3.35. The molecule has 2 aromatic carbocycles. The molecule has 0 amide bonds. The van der Waals surface area contributed by atoms with E-state index in [1.165, 1.54) is 28.4 Å². The lowest BCUT2D eigenvalue weighted by Gasteiger charge is -2.17. The first-order valence-electron chi connectivity index (χ1n) is 8.23. The van der Waals surface area contributed by atoms with Crippen molar-refractivity contribution in [1.82, 2.24) is 9.88 Å². The Morgan fingerprint density at radius 1 is 1.04 bits per heavy atom. The number of nitrogens with one attached hydrogen (secondary N) is 1. The van der Waals surface area contributed by atoms with Crippen LogP contribution in [-0.4, -0.2) is 29.0 Å². The number of fused-ring (bicyclic) bond motifs is 1. The molecule has 0 unspecified atom stereocenters. The lowest BCUT2D eigenvalue weighted by Crippen LogP contribution is -2.25. The van der Waals surface area contributed by atoms with Crippen LogP contribution in [0.2, 0.25) is 0 Å². The summed E-state index contributed by atoms with van der Waals surface area (Å²) >= 11 is 0. The van der Waals surface area contributed by atoms with Crippen molar-refractivity contribution in [2.24, 2.45) is 0 Å². The zero-order valence-corrected chi connectivity index (χ0v) is 13.2. The van der Waals surface area contributed by atoms with Gasteiger partial charge in [-0.25, -0.2) is 0 Å². The third-order valence-electron chi connectivity index (χ3n) is 4.53. The van der Waals surface area contributed by atoms with Gasteiger partial charge in [-0.3, -0.25) is 9.88 Å². The fourth-order valence-corrected chi connectivity index (χ4v) is 3.34. The molecular weight excluding hydrogens is 282 g/mol. The van der Waals surface area contributed by atoms with Gasteiger partial charge in [0.05, 0.1) is 0 Å². The van der Waals surface area contributed by atoms with Crippen molar-refractivity contribution in [2.45, 2.75) is 19.0 Å². The van der Waals surface area contributed by atoms with Crippen molar-refractivity contribution in [2.75, 3.05) is 18.4 Å². The Morgan fingerprint density at radius 2 is 1.96 bits per heavy atom. The normalized spacial score (nSPS) is 18.3. The molecule has 1 aliphatic heterocycles. The largest absolute Gasteiger partial charge is 0.381 e. The summed E-state index contributed by atoms with van der Waals surface area (Å²) < 4.78 is 0. The van der Waals surface area contributed by atoms with Gasteiger partial charge in [-0.15, -0.1) is 0 Å². The number of benzene rings is 2. The van der Waals surface area contributed by atoms with Crippen LogP contribution in [0.25, 0.3) is 10.8 Å². The van der Waals surface area contributed by atoms with E-state index in [0.29, 0.717) is 6.04 Å². The molecule has 3 aromatic rings. The van der Waals surface area contributed by atoms with Gasteiger partial charge >= 0.3 is 0 Å². The Kier molecular flexibility index (Phi) is 3.95. The predicted molar refractivity (Wildman–Crippen MR) is 95.5 cm³/mol. The molecule has 1 N–H and O–H groups in total. The number of anilines is 1. The Labute approximate surface area is 137 Å². The zero-order chi connectivity index (χ0) is 15.5. The topological polar surface area (TPSA) is 28.2 Å². The maximum Gasteiger partial charge on any atom is 0.0400 e. The number of hydrogen-bond donors (Lipinski definition) is 1. The van der Waals surface area contributed by atoms with Crippen molar-refractivity contribution < 1.29 is 0 Å². The average Bonchev–Trinajstić information content (AvgIpc) is 3.02. The monoisotopic (exact) mass is 303 g/mol. The summed E-state index contributed by atoms with van der Waals surface area (Å²) in [5.41, 5.74) is 2.60. The number of hydrogen-bond acceptors (Lipinski definition) is 3. The second-order valence-electron chi connectivity index (χ2n) is 6.29. The Bertz CT molecular complexity index is 785. The molecule has 1 aliphatic rings. The maximum atomic E-state index is 4.17. The fraction of sp³-hybridized carbons (Fsp3) is 0.250. The van der Waals surface area contributed by atoms with Crippen LogP contribution in [0, 0.1) is 0 Å². The number of aromatic nitrogens is 1. The van der Waals surface area contributed by atoms with E-state index in [1.807, 2.05) is 12.4 Å². The second-order valence-corrected chi connectivity index (χ2v) is 6.29. The van der Waals surface area contributed by atoms with E-state index in [1.54, 1.807) is 0 Å². The highest BCUT2D eigenvalue weighted by molar-refractivity contribution is 5.84. The number of rotatable bonds is 4. The molecule has 0 saturated carbocycles. The van der Waals surface area contributed by atoms with Crippen molar-refractivity contribution in [3.63, 3.8) is 0 Å². The quantitative estimate of drug-likeness (QED) is 0.792. The summed E-state index contributed by atoms with van der Waals surface area (Å²) in [4.78, 5) is 6.69. The average molecular weight is 303 g/mol. The van der Waals surface area contributed by atoms with Crippen LogP contribution in [0.15, 0.2) is 67.0 Å². The molecule has 1 fully saturated rings. The molecule has 0 bridgehead atoms. The number of pyridine rings is 1. The molecule has 23 heavy (non-hydrogen) atoms. The molecule has 1 atom stereocenters. The molecule has 116 valence electrons. The summed E-state index contributed by atoms with van der Waals surface area (Å²) in [5, 5.41) is 6.12. The van der Waals surface area contributed by atoms with Crippen LogP contribution in [0.3, 0.4) is 0 Å². The van der Waals surface area contributed by atoms with Crippen molar-refractivity contribution in [3.8, 4) is 0 Å². The zero-order valence-electron chi connectivity index (χ0n) is 13.2. The van der Waals surface area contributed by atoms with Crippen LogP contribution in [0.4, 0.5) is 5.69 Å². The van der Waals surface area contributed by atoms with E-state index in [-0.39, 0.29) is 0 Å². The van der Waals surface area contributed by atoms with Gasteiger partial charge in [0.15, 0.2) is 0 Å². The van der Waals surface area contributed by atoms with Gasteiger partial charge < -0.3 is 5.32 Å². The molecule has 1 aromatic heterocycles. The van der Waals surface area contributed by atoms with Gasteiger partial charge in [-0.05, 0) is 35.6 Å². The van der Waals surface area contributed by atoms with E-state index in [2.05, 4.69) is 69.8 Å². The van der Waals surface area contributed by atoms with Crippen LogP contribution >= 0.6 is 0 Å². The number of likely N-dealkylation sites (tertiary alicyclic amines) is 1. The summed E-state index contributed by atoms with van der Waals surface area (Å²) in [6, 6.07) is 19.8. The van der Waals surface area contributed by atoms with Gasteiger partial charge in [0.1, 0.15) is 0 Å². The Balaban J connectivity index is 1.39. The lowest BCUT2D eigenvalue weighted by atomic mass is 10.1. The Hall–Kier alpha value is -2.39. The molecular formula is C20H21N3. The van der Waals surface area contributed by atoms with Gasteiger partial charge in [0.2, 0.25) is 0 Å². The predicted octanol–water partition coefficient (Wildman–Crippen LogP) is 3.92. The van der Waals surface area contributed by atoms with Crippen LogP contribution in [-0.2, 0) is 6.54 Å². The van der Waals surface area contributed by atoms with Gasteiger partial charge in [0, 0.05) is 49.1 Å². The van der Waals surface area contributed by atoms with Crippen LogP contribution < -0.4 is 5.32 Å². The van der Waals surface area contributed by atoms with Gasteiger partial charge in [-0.1, -0.05) is 36.4 Å². The minimum absolute atomic E-state index is 0.526. The van der Waals surface area contributed by atoms with Crippen LogP contribution in [0.1, 0.15) is 12.0 Å². The highest BCUT2D eigenvalue weighted by Crippen LogP contribution is 2.21. The molecule has 1 saturated heterocycles. The van der Waals surface area contributed by atoms with E-state index in [0.717, 1.165) is 19.6 Å². The van der Waals surface area contributed by atoms with Gasteiger partial charge in [0.25, 0.3) is 0 Å². The SMILES string of the molecule is c1ccc(CN2CC[C@H](Nc3ccc4cnccc4c3)C2)cc1. The first kappa shape index (κ1) is 14.2. The molecule has 0 radical (unpaired) electrons. The molecule has 3 heteroatoms. The van der Waals surface area contributed by atoms with Crippen LogP contribution in [0.5, 0.6) is 0 Å². The first-order chi connectivity index (χ1) is 11.4. The standard InChI is InChI=1S/C20H21N3/c1-2-4-16(5-3-1)14-23-11-9-20(15-23)22-19-7-6-18-13-21-10-8-17(18)12-19/h1-8,10,12-13,20,22H,9,11,14-15H2/t20-/m0/s1. The molecule has 0 aliphatic carbocycles. The Morgan fingerprint density at radius 3 is 2.87 bits per heavy atom. The molecule has 0 spiro atoms. The fourth-order valence-electron chi connectivity index (χ4n) is 3.34. The van der Waals surface area contributed by atoms with E-state index in [9.17, 15) is 0 Å². The first-order valence-corrected chi connectivity index (χ1v) is 8.23. The highest BCUT2D eigenvalue weighted by Gasteiger charge is 2.22. The van der Waals surface area contributed by atoms with E-state index >= 15 is 0 Å². The smallest absolute Gasteiger partial charge is 0.0400 e. The molecule has 2 heterocycles. The van der Waals surface area contributed by atoms with E-state index in [4.69, 9.17) is 0 Å². The molecule has 4 rings (SSSR count). The second kappa shape index (κ2) is 6.39. The van der Waals surface area contributed by atoms with Crippen molar-refractivity contribution >= 4 is 16.5 Å². The van der Waals surface area contributed by atoms with Crippen molar-refractivity contribution in [1.29, 1.82) is 0 Å². The summed E-state index contributed by atoms with van der Waals surface area (Å²) in [5.74, 6) is 0. The molecule has 3 nitrogen and oxygen atoms in total. The minimum atomic E-state index is 0.526. The van der Waals surface area contributed by atoms with E-state index < -0.39 is 0 Å². The summed E-state index contributed by atoms with van der Waals surface area (Å²) in [7, 11) is 0.